The summed E-state index contributed by atoms with van der Waals surface area (Å²) >= 11 is 0. The van der Waals surface area contributed by atoms with Crippen LogP contribution in [-0.2, 0) is 4.79 Å². The van der Waals surface area contributed by atoms with Gasteiger partial charge in [0.1, 0.15) is 11.3 Å². The molecule has 0 fully saturated rings. The lowest BCUT2D eigenvalue weighted by Gasteiger charge is -2.05. The zero-order valence-corrected chi connectivity index (χ0v) is 14.9. The van der Waals surface area contributed by atoms with Gasteiger partial charge in [0.05, 0.1) is 22.0 Å². The van der Waals surface area contributed by atoms with Crippen LogP contribution in [0.2, 0.25) is 0 Å². The van der Waals surface area contributed by atoms with Gasteiger partial charge in [0.2, 0.25) is 5.36 Å². The second-order valence-electron chi connectivity index (χ2n) is 6.27. The van der Waals surface area contributed by atoms with Crippen molar-refractivity contribution in [3.8, 4) is 16.9 Å². The molecule has 1 aliphatic rings. The van der Waals surface area contributed by atoms with Gasteiger partial charge in [0.25, 0.3) is 0 Å². The van der Waals surface area contributed by atoms with Gasteiger partial charge in [0, 0.05) is 12.3 Å². The normalized spacial score (nSPS) is 12.6. The van der Waals surface area contributed by atoms with Crippen LogP contribution >= 0.6 is 0 Å². The number of aromatic nitrogens is 1. The van der Waals surface area contributed by atoms with Crippen molar-refractivity contribution >= 4 is 17.0 Å². The molecule has 0 bridgehead atoms. The molecule has 1 aliphatic heterocycles. The van der Waals surface area contributed by atoms with Crippen molar-refractivity contribution in [1.82, 2.24) is 4.40 Å². The molecule has 0 spiro atoms. The van der Waals surface area contributed by atoms with Crippen LogP contribution in [0.3, 0.4) is 0 Å². The zero-order valence-electron chi connectivity index (χ0n) is 14.2. The van der Waals surface area contributed by atoms with Crippen molar-refractivity contribution in [1.29, 1.82) is 0 Å². The average Bonchev–Trinajstić information content (AvgIpc) is 3.16. The molecular weight excluding hydrogens is 360 g/mol. The summed E-state index contributed by atoms with van der Waals surface area (Å²) in [4.78, 5) is 15.8. The van der Waals surface area contributed by atoms with Crippen LogP contribution in [0, 0.1) is 0 Å². The number of hydrogen-bond donors (Lipinski definition) is 2. The molecule has 2 aromatic heterocycles. The van der Waals surface area contributed by atoms with Crippen molar-refractivity contribution in [3.63, 3.8) is 0 Å². The molecule has 4 aromatic rings. The Labute approximate surface area is 161 Å². The first kappa shape index (κ1) is 17.1. The van der Waals surface area contributed by atoms with Crippen LogP contribution in [-0.4, -0.2) is 15.4 Å². The number of para-hydroxylation sites is 1. The molecule has 0 unspecified atom stereocenters. The van der Waals surface area contributed by atoms with Crippen LogP contribution in [0.25, 0.3) is 22.2 Å². The van der Waals surface area contributed by atoms with E-state index >= 15 is 0 Å². The Morgan fingerprint density at radius 1 is 0.852 bits per heavy atom. The highest BCUT2D eigenvalue weighted by atomic mass is 35.5. The highest BCUT2D eigenvalue weighted by Crippen LogP contribution is 2.40. The van der Waals surface area contributed by atoms with Gasteiger partial charge in [-0.3, -0.25) is 0 Å². The van der Waals surface area contributed by atoms with Gasteiger partial charge in [-0.05, 0) is 23.8 Å². The van der Waals surface area contributed by atoms with Crippen molar-refractivity contribution in [2.24, 2.45) is 0 Å². The lowest BCUT2D eigenvalue weighted by Crippen LogP contribution is -3.00. The standard InChI is InChI=1S/C22H14N2O2.ClH/c25-21-17-12-6-7-13-24(17)20(18(21)14-8-2-1-3-9-14)19-15-10-4-5-11-16(15)23-22(19)26;/h1-13,25H;1H. The molecule has 0 radical (unpaired) electrons. The van der Waals surface area contributed by atoms with E-state index in [1.165, 1.54) is 0 Å². The molecule has 0 atom stereocenters. The number of pyridine rings is 1. The summed E-state index contributed by atoms with van der Waals surface area (Å²) < 4.78 is 1.88. The largest absolute Gasteiger partial charge is 1.00 e. The summed E-state index contributed by atoms with van der Waals surface area (Å²) in [7, 11) is 0. The molecule has 2 aromatic carbocycles. The number of nitrogens with zero attached hydrogens (tertiary/aromatic N) is 1. The molecule has 0 saturated heterocycles. The topological polar surface area (TPSA) is 55.7 Å². The van der Waals surface area contributed by atoms with Gasteiger partial charge >= 0.3 is 5.91 Å². The number of carbonyl (C=O) groups is 1. The smallest absolute Gasteiger partial charge is 0.421 e. The number of rotatable bonds is 2. The highest BCUT2D eigenvalue weighted by molar-refractivity contribution is 6.17. The summed E-state index contributed by atoms with van der Waals surface area (Å²) in [5.74, 6) is 0.0168. The van der Waals surface area contributed by atoms with Gasteiger partial charge < -0.3 is 21.9 Å². The van der Waals surface area contributed by atoms with E-state index < -0.39 is 0 Å². The predicted octanol–water partition coefficient (Wildman–Crippen LogP) is -2.24. The molecule has 0 saturated carbocycles. The van der Waals surface area contributed by atoms with Gasteiger partial charge in [-0.25, -0.2) is 4.79 Å². The molecule has 132 valence electrons. The quantitative estimate of drug-likeness (QED) is 0.417. The Bertz CT molecular complexity index is 1310. The van der Waals surface area contributed by atoms with E-state index in [-0.39, 0.29) is 24.1 Å². The maximum Gasteiger partial charge on any atom is 0.421 e. The monoisotopic (exact) mass is 374 g/mol. The van der Waals surface area contributed by atoms with E-state index in [1.54, 1.807) is 0 Å². The number of aromatic hydroxyl groups is 1. The van der Waals surface area contributed by atoms with Crippen LogP contribution < -0.4 is 28.0 Å². The Balaban J connectivity index is 0.00000180. The fourth-order valence-electron chi connectivity index (χ4n) is 3.67. The highest BCUT2D eigenvalue weighted by Gasteiger charge is 2.32. The minimum absolute atomic E-state index is 0. The molecule has 4 nitrogen and oxygen atoms in total. The van der Waals surface area contributed by atoms with E-state index in [0.29, 0.717) is 22.3 Å². The van der Waals surface area contributed by atoms with Crippen LogP contribution in [0.5, 0.6) is 5.75 Å². The minimum Gasteiger partial charge on any atom is -1.00 e. The van der Waals surface area contributed by atoms with Gasteiger partial charge in [-0.1, -0.05) is 48.5 Å². The number of hydrogen-bond acceptors (Lipinski definition) is 2. The maximum atomic E-state index is 12.8. The molecule has 5 rings (SSSR count). The molecule has 1 amide bonds. The third-order valence-electron chi connectivity index (χ3n) is 4.79. The van der Waals surface area contributed by atoms with Gasteiger partial charge in [-0.2, -0.15) is 4.99 Å². The fourth-order valence-corrected chi connectivity index (χ4v) is 3.67. The Kier molecular flexibility index (Phi) is 4.05. The third kappa shape index (κ3) is 2.46. The first-order valence-electron chi connectivity index (χ1n) is 8.41. The number of nitrogens with one attached hydrogen (secondary N) is 1. The van der Waals surface area contributed by atoms with E-state index in [2.05, 4.69) is 4.99 Å². The van der Waals surface area contributed by atoms with Crippen molar-refractivity contribution < 1.29 is 27.3 Å². The summed E-state index contributed by atoms with van der Waals surface area (Å²) in [6.07, 6.45) is 1.87. The summed E-state index contributed by atoms with van der Waals surface area (Å²) in [6, 6.07) is 22.9. The summed E-state index contributed by atoms with van der Waals surface area (Å²) in [5.41, 5.74) is 3.48. The molecule has 2 N–H and O–H groups in total. The molecule has 27 heavy (non-hydrogen) atoms. The molecule has 5 heteroatoms. The summed E-state index contributed by atoms with van der Waals surface area (Å²) in [5, 5.41) is 12.6. The Hall–Kier alpha value is -3.37. The zero-order chi connectivity index (χ0) is 17.7. The Morgan fingerprint density at radius 3 is 2.37 bits per heavy atom. The van der Waals surface area contributed by atoms with E-state index in [0.717, 1.165) is 16.1 Å². The Morgan fingerprint density at radius 2 is 1.56 bits per heavy atom. The summed E-state index contributed by atoms with van der Waals surface area (Å²) in [6.45, 7) is 0. The predicted molar refractivity (Wildman–Crippen MR) is 97.8 cm³/mol. The minimum atomic E-state index is -0.161. The first-order chi connectivity index (χ1) is 12.8. The first-order valence-corrected chi connectivity index (χ1v) is 8.41. The molecule has 3 heterocycles. The number of fused-ring (bicyclic) bond motifs is 2. The number of halogens is 1. The van der Waals surface area contributed by atoms with Gasteiger partial charge in [0.15, 0.2) is 0 Å². The number of carbonyl (C=O) groups excluding carboxylic acids is 1. The van der Waals surface area contributed by atoms with Crippen LogP contribution in [0.15, 0.2) is 79.0 Å². The van der Waals surface area contributed by atoms with Crippen molar-refractivity contribution in [2.45, 2.75) is 0 Å². The SMILES string of the molecule is O=C1[NH+]=c2ccccc2=C1c1c(-c2ccccc2)c(O)c2ccccn12.[Cl-]. The van der Waals surface area contributed by atoms with E-state index in [4.69, 9.17) is 0 Å². The van der Waals surface area contributed by atoms with Crippen molar-refractivity contribution in [3.05, 3.63) is 95.3 Å². The second-order valence-corrected chi connectivity index (χ2v) is 6.27. The van der Waals surface area contributed by atoms with Gasteiger partial charge in [-0.15, -0.1) is 0 Å². The average molecular weight is 375 g/mol. The van der Waals surface area contributed by atoms with Crippen molar-refractivity contribution in [2.75, 3.05) is 0 Å². The molecular formula is C22H15ClN2O2. The number of benzene rings is 2. The van der Waals surface area contributed by atoms with Crippen LogP contribution in [0.4, 0.5) is 0 Å². The number of amides is 1. The molecule has 0 aliphatic carbocycles. The third-order valence-corrected chi connectivity index (χ3v) is 4.79. The fraction of sp³-hybridized carbons (Fsp3) is 0. The second kappa shape index (κ2) is 6.41. The van der Waals surface area contributed by atoms with E-state index in [9.17, 15) is 9.90 Å². The van der Waals surface area contributed by atoms with E-state index in [1.807, 2.05) is 83.4 Å². The lowest BCUT2D eigenvalue weighted by molar-refractivity contribution is -0.406. The lowest BCUT2D eigenvalue weighted by atomic mass is 9.99. The maximum absolute atomic E-state index is 12.8. The van der Waals surface area contributed by atoms with Crippen LogP contribution in [0.1, 0.15) is 5.69 Å².